The van der Waals surface area contributed by atoms with Crippen molar-refractivity contribution >= 4 is 38.8 Å². The molecular formula is C20H19N5O2S. The van der Waals surface area contributed by atoms with Crippen LogP contribution in [0, 0.1) is 0 Å². The van der Waals surface area contributed by atoms with Crippen LogP contribution in [0.4, 0.5) is 5.69 Å². The van der Waals surface area contributed by atoms with Crippen LogP contribution in [0.25, 0.3) is 15.9 Å². The summed E-state index contributed by atoms with van der Waals surface area (Å²) in [6.07, 6.45) is 7.13. The van der Waals surface area contributed by atoms with Gasteiger partial charge in [-0.1, -0.05) is 24.6 Å². The van der Waals surface area contributed by atoms with E-state index in [0.717, 1.165) is 29.5 Å². The molecule has 142 valence electrons. The molecule has 0 spiro atoms. The fraction of sp³-hybridized carbons (Fsp3) is 0.300. The number of fused-ring (bicyclic) bond motifs is 5. The summed E-state index contributed by atoms with van der Waals surface area (Å²) in [7, 11) is 0. The van der Waals surface area contributed by atoms with E-state index in [1.165, 1.54) is 38.7 Å². The van der Waals surface area contributed by atoms with E-state index in [1.54, 1.807) is 23.5 Å². The average molecular weight is 393 g/mol. The molecule has 0 aliphatic heterocycles. The number of aromatic nitrogens is 4. The third-order valence-corrected chi connectivity index (χ3v) is 6.34. The number of nitrogens with one attached hydrogen (secondary N) is 1. The van der Waals surface area contributed by atoms with Gasteiger partial charge < -0.3 is 5.32 Å². The van der Waals surface area contributed by atoms with Crippen LogP contribution in [0.2, 0.25) is 0 Å². The van der Waals surface area contributed by atoms with Crippen molar-refractivity contribution in [2.45, 2.75) is 38.6 Å². The highest BCUT2D eigenvalue weighted by atomic mass is 32.1. The first-order valence-corrected chi connectivity index (χ1v) is 10.3. The lowest BCUT2D eigenvalue weighted by Gasteiger charge is -2.03. The second-order valence-electron chi connectivity index (χ2n) is 7.04. The van der Waals surface area contributed by atoms with Crippen molar-refractivity contribution in [3.8, 4) is 0 Å². The molecule has 1 aliphatic carbocycles. The van der Waals surface area contributed by atoms with Gasteiger partial charge in [0.05, 0.1) is 5.39 Å². The maximum Gasteiger partial charge on any atom is 0.352 e. The topological polar surface area (TPSA) is 81.3 Å². The highest BCUT2D eigenvalue weighted by molar-refractivity contribution is 7.19. The zero-order valence-corrected chi connectivity index (χ0v) is 16.0. The molecule has 1 N–H and O–H groups in total. The number of para-hydroxylation sites is 1. The number of aryl methyl sites for hydroxylation is 2. The first-order chi connectivity index (χ1) is 13.7. The van der Waals surface area contributed by atoms with Gasteiger partial charge in [-0.3, -0.25) is 4.79 Å². The van der Waals surface area contributed by atoms with E-state index in [4.69, 9.17) is 0 Å². The van der Waals surface area contributed by atoms with Gasteiger partial charge in [-0.05, 0) is 43.4 Å². The molecular weight excluding hydrogens is 374 g/mol. The number of anilines is 1. The second kappa shape index (κ2) is 6.87. The van der Waals surface area contributed by atoms with E-state index in [0.29, 0.717) is 11.3 Å². The maximum atomic E-state index is 12.8. The Morgan fingerprint density at radius 3 is 2.82 bits per heavy atom. The predicted molar refractivity (Wildman–Crippen MR) is 109 cm³/mol. The third-order valence-electron chi connectivity index (χ3n) is 5.14. The highest BCUT2D eigenvalue weighted by Gasteiger charge is 2.21. The Morgan fingerprint density at radius 1 is 1.14 bits per heavy atom. The van der Waals surface area contributed by atoms with E-state index >= 15 is 0 Å². The Kier molecular flexibility index (Phi) is 4.20. The zero-order valence-electron chi connectivity index (χ0n) is 15.2. The molecule has 4 aromatic rings. The summed E-state index contributed by atoms with van der Waals surface area (Å²) in [6, 6.07) is 9.18. The van der Waals surface area contributed by atoms with Crippen LogP contribution in [0.15, 0.2) is 41.5 Å². The number of thiophene rings is 1. The Morgan fingerprint density at radius 2 is 1.96 bits per heavy atom. The molecule has 0 unspecified atom stereocenters. The van der Waals surface area contributed by atoms with E-state index < -0.39 is 0 Å². The molecule has 0 saturated heterocycles. The fourth-order valence-electron chi connectivity index (χ4n) is 3.82. The normalized spacial score (nSPS) is 14.1. The average Bonchev–Trinajstić information content (AvgIpc) is 3.10. The maximum absolute atomic E-state index is 12.8. The molecule has 0 radical (unpaired) electrons. The number of hydrogen-bond donors (Lipinski definition) is 1. The summed E-state index contributed by atoms with van der Waals surface area (Å²) in [6.45, 7) is -0.136. The molecule has 0 bridgehead atoms. The van der Waals surface area contributed by atoms with Gasteiger partial charge >= 0.3 is 5.69 Å². The fourth-order valence-corrected chi connectivity index (χ4v) is 5.04. The molecule has 5 rings (SSSR count). The zero-order chi connectivity index (χ0) is 19.1. The number of rotatable bonds is 3. The van der Waals surface area contributed by atoms with Crippen molar-refractivity contribution in [3.63, 3.8) is 0 Å². The summed E-state index contributed by atoms with van der Waals surface area (Å²) in [5.41, 5.74) is 2.22. The van der Waals surface area contributed by atoms with Crippen LogP contribution in [0.1, 0.15) is 29.7 Å². The minimum Gasteiger partial charge on any atom is -0.324 e. The molecule has 0 atom stereocenters. The molecule has 3 heterocycles. The van der Waals surface area contributed by atoms with E-state index in [2.05, 4.69) is 15.4 Å². The molecule has 1 aliphatic rings. The molecule has 1 aromatic carbocycles. The second-order valence-corrected chi connectivity index (χ2v) is 8.12. The largest absolute Gasteiger partial charge is 0.352 e. The number of carbonyl (C=O) groups excluding carboxylic acids is 1. The van der Waals surface area contributed by atoms with Crippen molar-refractivity contribution in [1.29, 1.82) is 0 Å². The van der Waals surface area contributed by atoms with Gasteiger partial charge in [0.2, 0.25) is 5.91 Å². The van der Waals surface area contributed by atoms with E-state index in [-0.39, 0.29) is 18.1 Å². The first-order valence-electron chi connectivity index (χ1n) is 9.44. The lowest BCUT2D eigenvalue weighted by Crippen LogP contribution is -2.28. The van der Waals surface area contributed by atoms with Gasteiger partial charge in [-0.2, -0.15) is 0 Å². The van der Waals surface area contributed by atoms with Crippen LogP contribution in [-0.2, 0) is 24.2 Å². The standard InChI is InChI=1S/C20H19N5O2S/c26-16(22-13-7-3-1-4-8-13)11-25-20(27)24-12-21-19-17(18(24)23-25)14-9-5-2-6-10-15(14)28-19/h1,3-4,7-8,12H,2,5-6,9-11H2,(H,22,26). The summed E-state index contributed by atoms with van der Waals surface area (Å²) >= 11 is 1.70. The monoisotopic (exact) mass is 393 g/mol. The van der Waals surface area contributed by atoms with Crippen molar-refractivity contribution in [2.75, 3.05) is 5.32 Å². The molecule has 0 saturated carbocycles. The van der Waals surface area contributed by atoms with E-state index in [1.807, 2.05) is 18.2 Å². The number of hydrogen-bond acceptors (Lipinski definition) is 5. The number of nitrogens with zero attached hydrogens (tertiary/aromatic N) is 4. The van der Waals surface area contributed by atoms with Gasteiger partial charge in [-0.25, -0.2) is 18.9 Å². The lowest BCUT2D eigenvalue weighted by molar-refractivity contribution is -0.117. The number of benzene rings is 1. The Hall–Kier alpha value is -3.00. The van der Waals surface area contributed by atoms with Gasteiger partial charge in [0.25, 0.3) is 0 Å². The summed E-state index contributed by atoms with van der Waals surface area (Å²) in [4.78, 5) is 31.9. The van der Waals surface area contributed by atoms with Gasteiger partial charge in [0.15, 0.2) is 5.65 Å². The van der Waals surface area contributed by atoms with Crippen LogP contribution in [0.3, 0.4) is 0 Å². The molecule has 1 amide bonds. The first kappa shape index (κ1) is 17.1. The minimum atomic E-state index is -0.346. The Labute approximate surface area is 164 Å². The lowest BCUT2D eigenvalue weighted by atomic mass is 10.1. The van der Waals surface area contributed by atoms with Crippen LogP contribution in [-0.4, -0.2) is 25.1 Å². The highest BCUT2D eigenvalue weighted by Crippen LogP contribution is 2.35. The summed E-state index contributed by atoms with van der Waals surface area (Å²) in [5, 5.41) is 8.27. The number of amides is 1. The van der Waals surface area contributed by atoms with Crippen LogP contribution in [0.5, 0.6) is 0 Å². The van der Waals surface area contributed by atoms with Crippen molar-refractivity contribution < 1.29 is 4.79 Å². The Bertz CT molecular complexity index is 1240. The number of carbonyl (C=O) groups is 1. The smallest absolute Gasteiger partial charge is 0.324 e. The van der Waals surface area contributed by atoms with Crippen molar-refractivity contribution in [3.05, 3.63) is 57.6 Å². The van der Waals surface area contributed by atoms with Gasteiger partial charge in [-0.15, -0.1) is 16.4 Å². The third kappa shape index (κ3) is 2.90. The van der Waals surface area contributed by atoms with Crippen LogP contribution < -0.4 is 11.0 Å². The van der Waals surface area contributed by atoms with E-state index in [9.17, 15) is 9.59 Å². The molecule has 7 nitrogen and oxygen atoms in total. The quantitative estimate of drug-likeness (QED) is 0.543. The van der Waals surface area contributed by atoms with Crippen LogP contribution >= 0.6 is 11.3 Å². The Balaban J connectivity index is 1.55. The minimum absolute atomic E-state index is 0.136. The molecule has 0 fully saturated rings. The van der Waals surface area contributed by atoms with Crippen molar-refractivity contribution in [1.82, 2.24) is 19.2 Å². The molecule has 8 heteroatoms. The van der Waals surface area contributed by atoms with Gasteiger partial charge in [0, 0.05) is 10.6 Å². The molecule has 3 aromatic heterocycles. The molecule has 28 heavy (non-hydrogen) atoms. The SMILES string of the molecule is O=C(Cn1nc2c3c4c(sc3ncn2c1=O)CCCCC4)Nc1ccccc1. The summed E-state index contributed by atoms with van der Waals surface area (Å²) in [5.74, 6) is -0.287. The predicted octanol–water partition coefficient (Wildman–Crippen LogP) is 3.01. The van der Waals surface area contributed by atoms with Crippen molar-refractivity contribution in [2.24, 2.45) is 0 Å². The van der Waals surface area contributed by atoms with Gasteiger partial charge in [0.1, 0.15) is 17.7 Å². The summed E-state index contributed by atoms with van der Waals surface area (Å²) < 4.78 is 2.67.